The Morgan fingerprint density at radius 3 is 2.57 bits per heavy atom. The molecule has 0 spiro atoms. The van der Waals surface area contributed by atoms with Crippen LogP contribution in [0.5, 0.6) is 5.88 Å². The van der Waals surface area contributed by atoms with Gasteiger partial charge in [-0.25, -0.2) is 4.98 Å². The van der Waals surface area contributed by atoms with Crippen LogP contribution in [0.25, 0.3) is 0 Å². The molecule has 2 aromatic carbocycles. The highest BCUT2D eigenvalue weighted by atomic mass is 16.5. The van der Waals surface area contributed by atoms with Gasteiger partial charge >= 0.3 is 0 Å². The van der Waals surface area contributed by atoms with Gasteiger partial charge in [-0.15, -0.1) is 0 Å². The van der Waals surface area contributed by atoms with E-state index in [4.69, 9.17) is 9.47 Å². The number of nitrogens with zero attached hydrogens (tertiary/aromatic N) is 1. The van der Waals surface area contributed by atoms with Crippen molar-refractivity contribution in [1.82, 2.24) is 10.3 Å². The first-order valence-corrected chi connectivity index (χ1v) is 9.03. The second-order valence-electron chi connectivity index (χ2n) is 6.03. The van der Waals surface area contributed by atoms with Crippen LogP contribution in [0.1, 0.15) is 15.9 Å². The SMILES string of the molecule is COCCOc1ncccc1CNC(=O)c1ccccc1Nc1ccccc1. The van der Waals surface area contributed by atoms with Crippen molar-refractivity contribution >= 4 is 17.3 Å². The molecule has 6 nitrogen and oxygen atoms in total. The lowest BCUT2D eigenvalue weighted by atomic mass is 10.1. The minimum Gasteiger partial charge on any atom is -0.475 e. The molecule has 144 valence electrons. The topological polar surface area (TPSA) is 72.5 Å². The van der Waals surface area contributed by atoms with Crippen LogP contribution in [0.4, 0.5) is 11.4 Å². The van der Waals surface area contributed by atoms with E-state index in [1.54, 1.807) is 19.4 Å². The number of para-hydroxylation sites is 2. The highest BCUT2D eigenvalue weighted by molar-refractivity contribution is 6.00. The van der Waals surface area contributed by atoms with E-state index in [1.165, 1.54) is 0 Å². The van der Waals surface area contributed by atoms with Gasteiger partial charge in [0, 0.05) is 31.1 Å². The number of nitrogens with one attached hydrogen (secondary N) is 2. The number of carbonyl (C=O) groups excluding carboxylic acids is 1. The first-order valence-electron chi connectivity index (χ1n) is 9.03. The maximum Gasteiger partial charge on any atom is 0.253 e. The highest BCUT2D eigenvalue weighted by Gasteiger charge is 2.12. The van der Waals surface area contributed by atoms with Crippen LogP contribution in [0, 0.1) is 0 Å². The molecule has 1 amide bonds. The average molecular weight is 377 g/mol. The fourth-order valence-electron chi connectivity index (χ4n) is 2.65. The summed E-state index contributed by atoms with van der Waals surface area (Å²) in [4.78, 5) is 17.0. The summed E-state index contributed by atoms with van der Waals surface area (Å²) < 4.78 is 10.6. The third kappa shape index (κ3) is 5.31. The van der Waals surface area contributed by atoms with Crippen LogP contribution < -0.4 is 15.4 Å². The van der Waals surface area contributed by atoms with Gasteiger partial charge in [0.1, 0.15) is 6.61 Å². The molecule has 1 aromatic heterocycles. The largest absolute Gasteiger partial charge is 0.475 e. The van der Waals surface area contributed by atoms with E-state index in [0.29, 0.717) is 31.2 Å². The second-order valence-corrected chi connectivity index (χ2v) is 6.03. The first kappa shape index (κ1) is 19.4. The monoisotopic (exact) mass is 377 g/mol. The Balaban J connectivity index is 1.68. The van der Waals surface area contributed by atoms with E-state index in [2.05, 4.69) is 15.6 Å². The average Bonchev–Trinajstić information content (AvgIpc) is 2.74. The van der Waals surface area contributed by atoms with E-state index in [1.807, 2.05) is 60.7 Å². The lowest BCUT2D eigenvalue weighted by Gasteiger charge is -2.13. The van der Waals surface area contributed by atoms with Crippen LogP contribution in [0.3, 0.4) is 0 Å². The fraction of sp³-hybridized carbons (Fsp3) is 0.182. The predicted octanol–water partition coefficient (Wildman–Crippen LogP) is 3.78. The number of methoxy groups -OCH3 is 1. The van der Waals surface area contributed by atoms with Gasteiger partial charge in [-0.2, -0.15) is 0 Å². The summed E-state index contributed by atoms with van der Waals surface area (Å²) in [7, 11) is 1.61. The summed E-state index contributed by atoms with van der Waals surface area (Å²) in [5.41, 5.74) is 3.04. The van der Waals surface area contributed by atoms with Gasteiger partial charge in [-0.1, -0.05) is 36.4 Å². The van der Waals surface area contributed by atoms with Gasteiger partial charge in [0.15, 0.2) is 0 Å². The van der Waals surface area contributed by atoms with Crippen LogP contribution in [-0.2, 0) is 11.3 Å². The van der Waals surface area contributed by atoms with Crippen molar-refractivity contribution in [3.05, 3.63) is 84.1 Å². The Bertz CT molecular complexity index is 900. The Morgan fingerprint density at radius 1 is 0.964 bits per heavy atom. The zero-order valence-corrected chi connectivity index (χ0v) is 15.7. The summed E-state index contributed by atoms with van der Waals surface area (Å²) >= 11 is 0. The van der Waals surface area contributed by atoms with Gasteiger partial charge in [-0.3, -0.25) is 4.79 Å². The molecule has 1 heterocycles. The standard InChI is InChI=1S/C22H23N3O3/c1-27-14-15-28-22-17(8-7-13-23-22)16-24-21(26)19-11-5-6-12-20(19)25-18-9-3-2-4-10-18/h2-13,25H,14-16H2,1H3,(H,24,26). The smallest absolute Gasteiger partial charge is 0.253 e. The summed E-state index contributed by atoms with van der Waals surface area (Å²) in [5, 5.41) is 6.23. The van der Waals surface area contributed by atoms with Crippen molar-refractivity contribution in [2.24, 2.45) is 0 Å². The second kappa shape index (κ2) is 10.1. The molecule has 2 N–H and O–H groups in total. The number of benzene rings is 2. The van der Waals surface area contributed by atoms with Gasteiger partial charge in [0.2, 0.25) is 5.88 Å². The molecule has 0 aliphatic heterocycles. The molecule has 0 aliphatic rings. The van der Waals surface area contributed by atoms with E-state index in [-0.39, 0.29) is 5.91 Å². The molecule has 6 heteroatoms. The Hall–Kier alpha value is -3.38. The zero-order chi connectivity index (χ0) is 19.6. The number of carbonyl (C=O) groups is 1. The Labute approximate surface area is 164 Å². The van der Waals surface area contributed by atoms with Gasteiger partial charge < -0.3 is 20.1 Å². The Kier molecular flexibility index (Phi) is 6.98. The Morgan fingerprint density at radius 2 is 1.75 bits per heavy atom. The molecular formula is C22H23N3O3. The summed E-state index contributed by atoms with van der Waals surface area (Å²) in [5.74, 6) is 0.321. The quantitative estimate of drug-likeness (QED) is 0.555. The maximum atomic E-state index is 12.8. The molecule has 28 heavy (non-hydrogen) atoms. The van der Waals surface area contributed by atoms with E-state index in [0.717, 1.165) is 16.9 Å². The van der Waals surface area contributed by atoms with E-state index >= 15 is 0 Å². The molecule has 0 bridgehead atoms. The van der Waals surface area contributed by atoms with Crippen molar-refractivity contribution in [2.75, 3.05) is 25.6 Å². The van der Waals surface area contributed by atoms with E-state index < -0.39 is 0 Å². The van der Waals surface area contributed by atoms with Crippen LogP contribution >= 0.6 is 0 Å². The van der Waals surface area contributed by atoms with Crippen molar-refractivity contribution in [2.45, 2.75) is 6.54 Å². The van der Waals surface area contributed by atoms with Crippen molar-refractivity contribution in [1.29, 1.82) is 0 Å². The lowest BCUT2D eigenvalue weighted by molar-refractivity contribution is 0.0951. The molecule has 0 fully saturated rings. The maximum absolute atomic E-state index is 12.8. The molecule has 0 aliphatic carbocycles. The molecule has 0 radical (unpaired) electrons. The third-order valence-corrected chi connectivity index (χ3v) is 4.04. The summed E-state index contributed by atoms with van der Waals surface area (Å²) in [6, 6.07) is 20.8. The number of anilines is 2. The number of hydrogen-bond acceptors (Lipinski definition) is 5. The van der Waals surface area contributed by atoms with Crippen molar-refractivity contribution in [3.63, 3.8) is 0 Å². The number of amides is 1. The van der Waals surface area contributed by atoms with Crippen LogP contribution in [0.2, 0.25) is 0 Å². The molecule has 0 saturated carbocycles. The molecule has 0 unspecified atom stereocenters. The van der Waals surface area contributed by atoms with Gasteiger partial charge in [0.25, 0.3) is 5.91 Å². The number of rotatable bonds is 9. The van der Waals surface area contributed by atoms with Crippen molar-refractivity contribution in [3.8, 4) is 5.88 Å². The minimum atomic E-state index is -0.175. The highest BCUT2D eigenvalue weighted by Crippen LogP contribution is 2.21. The number of aromatic nitrogens is 1. The third-order valence-electron chi connectivity index (χ3n) is 4.04. The number of hydrogen-bond donors (Lipinski definition) is 2. The van der Waals surface area contributed by atoms with Gasteiger partial charge in [0.05, 0.1) is 17.9 Å². The van der Waals surface area contributed by atoms with E-state index in [9.17, 15) is 4.79 Å². The summed E-state index contributed by atoms with van der Waals surface area (Å²) in [6.07, 6.45) is 1.66. The van der Waals surface area contributed by atoms with Crippen LogP contribution in [-0.4, -0.2) is 31.2 Å². The minimum absolute atomic E-state index is 0.175. The predicted molar refractivity (Wildman–Crippen MR) is 109 cm³/mol. The summed E-state index contributed by atoms with van der Waals surface area (Å²) in [6.45, 7) is 1.19. The zero-order valence-electron chi connectivity index (χ0n) is 15.7. The van der Waals surface area contributed by atoms with Gasteiger partial charge in [-0.05, 0) is 30.3 Å². The lowest BCUT2D eigenvalue weighted by Crippen LogP contribution is -2.24. The molecular weight excluding hydrogens is 354 g/mol. The number of pyridine rings is 1. The fourth-order valence-corrected chi connectivity index (χ4v) is 2.65. The number of ether oxygens (including phenoxy) is 2. The molecule has 0 saturated heterocycles. The normalized spacial score (nSPS) is 10.3. The van der Waals surface area contributed by atoms with Crippen molar-refractivity contribution < 1.29 is 14.3 Å². The molecule has 3 aromatic rings. The van der Waals surface area contributed by atoms with Crippen LogP contribution in [0.15, 0.2) is 72.9 Å². The molecule has 0 atom stereocenters. The first-order chi connectivity index (χ1) is 13.8. The molecule has 3 rings (SSSR count).